The van der Waals surface area contributed by atoms with Crippen molar-refractivity contribution in [3.8, 4) is 5.69 Å². The third kappa shape index (κ3) is 3.86. The van der Waals surface area contributed by atoms with E-state index in [0.29, 0.717) is 6.61 Å². The summed E-state index contributed by atoms with van der Waals surface area (Å²) in [5.74, 6) is 0.856. The standard InChI is InChI=1S/C16H22BrN3O/c1-5-13-8-14(17)6-7-15(13)20-9-11(2)18-16(20)19-12(3)10-21-4/h6-9,12H,5,10H2,1-4H3,(H,18,19). The fourth-order valence-electron chi connectivity index (χ4n) is 2.37. The summed E-state index contributed by atoms with van der Waals surface area (Å²) in [4.78, 5) is 4.59. The van der Waals surface area contributed by atoms with Crippen LogP contribution in [0.2, 0.25) is 0 Å². The molecule has 1 N–H and O–H groups in total. The minimum Gasteiger partial charge on any atom is -0.383 e. The maximum atomic E-state index is 5.18. The summed E-state index contributed by atoms with van der Waals surface area (Å²) in [6.07, 6.45) is 3.03. The largest absolute Gasteiger partial charge is 0.383 e. The Balaban J connectivity index is 2.40. The van der Waals surface area contributed by atoms with Crippen molar-refractivity contribution in [2.24, 2.45) is 0 Å². The molecule has 0 bridgehead atoms. The highest BCUT2D eigenvalue weighted by atomic mass is 79.9. The van der Waals surface area contributed by atoms with Gasteiger partial charge in [-0.25, -0.2) is 4.98 Å². The second-order valence-electron chi connectivity index (χ2n) is 5.20. The number of aromatic nitrogens is 2. The highest BCUT2D eigenvalue weighted by Crippen LogP contribution is 2.24. The first-order valence-corrected chi connectivity index (χ1v) is 7.94. The first kappa shape index (κ1) is 16.0. The van der Waals surface area contributed by atoms with Gasteiger partial charge in [-0.1, -0.05) is 22.9 Å². The fourth-order valence-corrected chi connectivity index (χ4v) is 2.78. The maximum absolute atomic E-state index is 5.18. The Morgan fingerprint density at radius 3 is 2.86 bits per heavy atom. The minimum atomic E-state index is 0.205. The molecule has 21 heavy (non-hydrogen) atoms. The predicted octanol–water partition coefficient (Wildman–Crippen LogP) is 3.95. The Labute approximate surface area is 134 Å². The van der Waals surface area contributed by atoms with Gasteiger partial charge < -0.3 is 10.1 Å². The SMILES string of the molecule is CCc1cc(Br)ccc1-n1cc(C)nc1NC(C)COC. The van der Waals surface area contributed by atoms with Crippen LogP contribution >= 0.6 is 15.9 Å². The molecule has 0 spiro atoms. The zero-order valence-corrected chi connectivity index (χ0v) is 14.6. The van der Waals surface area contributed by atoms with Crippen molar-refractivity contribution >= 4 is 21.9 Å². The highest BCUT2D eigenvalue weighted by Gasteiger charge is 2.13. The van der Waals surface area contributed by atoms with Crippen LogP contribution in [0.4, 0.5) is 5.95 Å². The third-order valence-electron chi connectivity index (χ3n) is 3.30. The summed E-state index contributed by atoms with van der Waals surface area (Å²) in [7, 11) is 1.71. The van der Waals surface area contributed by atoms with Crippen molar-refractivity contribution in [2.45, 2.75) is 33.2 Å². The summed E-state index contributed by atoms with van der Waals surface area (Å²) in [5, 5.41) is 3.41. The van der Waals surface area contributed by atoms with E-state index in [-0.39, 0.29) is 6.04 Å². The first-order chi connectivity index (χ1) is 10.0. The Kier molecular flexibility index (Phi) is 5.42. The third-order valence-corrected chi connectivity index (χ3v) is 3.79. The summed E-state index contributed by atoms with van der Waals surface area (Å²) in [6, 6.07) is 6.55. The van der Waals surface area contributed by atoms with Crippen LogP contribution in [0, 0.1) is 6.92 Å². The van der Waals surface area contributed by atoms with Gasteiger partial charge >= 0.3 is 0 Å². The molecule has 0 fully saturated rings. The second kappa shape index (κ2) is 7.09. The van der Waals surface area contributed by atoms with E-state index >= 15 is 0 Å². The van der Waals surface area contributed by atoms with Crippen molar-refractivity contribution < 1.29 is 4.74 Å². The highest BCUT2D eigenvalue weighted by molar-refractivity contribution is 9.10. The van der Waals surface area contributed by atoms with E-state index in [0.717, 1.165) is 28.2 Å². The quantitative estimate of drug-likeness (QED) is 0.856. The molecule has 114 valence electrons. The van der Waals surface area contributed by atoms with Crippen molar-refractivity contribution in [1.82, 2.24) is 9.55 Å². The fraction of sp³-hybridized carbons (Fsp3) is 0.438. The number of methoxy groups -OCH3 is 1. The Morgan fingerprint density at radius 1 is 1.43 bits per heavy atom. The van der Waals surface area contributed by atoms with Gasteiger partial charge in [-0.15, -0.1) is 0 Å². The van der Waals surface area contributed by atoms with Crippen LogP contribution in [0.25, 0.3) is 5.69 Å². The van der Waals surface area contributed by atoms with E-state index in [4.69, 9.17) is 4.74 Å². The van der Waals surface area contributed by atoms with Gasteiger partial charge in [0.15, 0.2) is 0 Å². The van der Waals surface area contributed by atoms with Crippen LogP contribution in [-0.4, -0.2) is 29.3 Å². The minimum absolute atomic E-state index is 0.205. The van der Waals surface area contributed by atoms with E-state index in [2.05, 4.69) is 69.0 Å². The topological polar surface area (TPSA) is 39.1 Å². The molecule has 1 aromatic heterocycles. The number of hydrogen-bond acceptors (Lipinski definition) is 3. The van der Waals surface area contributed by atoms with Gasteiger partial charge in [0.2, 0.25) is 5.95 Å². The molecule has 0 radical (unpaired) electrons. The molecule has 2 aromatic rings. The molecule has 0 aliphatic heterocycles. The number of nitrogens with one attached hydrogen (secondary N) is 1. The zero-order chi connectivity index (χ0) is 15.4. The van der Waals surface area contributed by atoms with Gasteiger partial charge in [-0.2, -0.15) is 0 Å². The molecule has 0 amide bonds. The predicted molar refractivity (Wildman–Crippen MR) is 90.3 cm³/mol. The molecule has 0 saturated heterocycles. The van der Waals surface area contributed by atoms with Crippen molar-refractivity contribution in [2.75, 3.05) is 19.0 Å². The number of anilines is 1. The van der Waals surface area contributed by atoms with E-state index in [1.54, 1.807) is 7.11 Å². The molecule has 2 rings (SSSR count). The number of aryl methyl sites for hydroxylation is 2. The monoisotopic (exact) mass is 351 g/mol. The normalized spacial score (nSPS) is 12.4. The van der Waals surface area contributed by atoms with Gasteiger partial charge in [-0.05, 0) is 44.0 Å². The van der Waals surface area contributed by atoms with Gasteiger partial charge in [0.25, 0.3) is 0 Å². The van der Waals surface area contributed by atoms with Crippen LogP contribution in [0.5, 0.6) is 0 Å². The average molecular weight is 352 g/mol. The van der Waals surface area contributed by atoms with E-state index in [1.807, 2.05) is 6.92 Å². The molecule has 0 aliphatic rings. The summed E-state index contributed by atoms with van der Waals surface area (Å²) in [6.45, 7) is 6.90. The maximum Gasteiger partial charge on any atom is 0.208 e. The van der Waals surface area contributed by atoms with Crippen molar-refractivity contribution in [1.29, 1.82) is 0 Å². The Hall–Kier alpha value is -1.33. The van der Waals surface area contributed by atoms with E-state index in [9.17, 15) is 0 Å². The first-order valence-electron chi connectivity index (χ1n) is 7.15. The van der Waals surface area contributed by atoms with Crippen LogP contribution in [0.15, 0.2) is 28.9 Å². The molecular weight excluding hydrogens is 330 g/mol. The molecule has 0 aliphatic carbocycles. The molecule has 1 atom stereocenters. The smallest absolute Gasteiger partial charge is 0.208 e. The molecule has 1 heterocycles. The molecule has 1 unspecified atom stereocenters. The molecule has 0 saturated carbocycles. The molecule has 5 heteroatoms. The number of benzene rings is 1. The van der Waals surface area contributed by atoms with Gasteiger partial charge in [0.1, 0.15) is 0 Å². The zero-order valence-electron chi connectivity index (χ0n) is 13.0. The molecule has 1 aromatic carbocycles. The summed E-state index contributed by atoms with van der Waals surface area (Å²) in [5.41, 5.74) is 3.43. The summed E-state index contributed by atoms with van der Waals surface area (Å²) < 4.78 is 8.40. The Morgan fingerprint density at radius 2 is 2.19 bits per heavy atom. The lowest BCUT2D eigenvalue weighted by molar-refractivity contribution is 0.190. The average Bonchev–Trinajstić information content (AvgIpc) is 2.79. The van der Waals surface area contributed by atoms with E-state index in [1.165, 1.54) is 5.56 Å². The summed E-state index contributed by atoms with van der Waals surface area (Å²) >= 11 is 3.54. The lowest BCUT2D eigenvalue weighted by Crippen LogP contribution is -2.23. The molecule has 4 nitrogen and oxygen atoms in total. The number of ether oxygens (including phenoxy) is 1. The number of rotatable bonds is 6. The van der Waals surface area contributed by atoms with Gasteiger partial charge in [-0.3, -0.25) is 4.57 Å². The van der Waals surface area contributed by atoms with Crippen molar-refractivity contribution in [3.63, 3.8) is 0 Å². The van der Waals surface area contributed by atoms with Crippen LogP contribution in [-0.2, 0) is 11.2 Å². The number of halogens is 1. The van der Waals surface area contributed by atoms with Crippen molar-refractivity contribution in [3.05, 3.63) is 40.1 Å². The Bertz CT molecular complexity index is 610. The number of nitrogens with zero attached hydrogens (tertiary/aromatic N) is 2. The van der Waals surface area contributed by atoms with Crippen LogP contribution < -0.4 is 5.32 Å². The molecular formula is C16H22BrN3O. The lowest BCUT2D eigenvalue weighted by Gasteiger charge is -2.17. The van der Waals surface area contributed by atoms with Gasteiger partial charge in [0.05, 0.1) is 18.0 Å². The number of hydrogen-bond donors (Lipinski definition) is 1. The van der Waals surface area contributed by atoms with Crippen LogP contribution in [0.1, 0.15) is 25.1 Å². The number of imidazole rings is 1. The second-order valence-corrected chi connectivity index (χ2v) is 6.12. The van der Waals surface area contributed by atoms with Gasteiger partial charge in [0, 0.05) is 23.8 Å². The van der Waals surface area contributed by atoms with Crippen LogP contribution in [0.3, 0.4) is 0 Å². The van der Waals surface area contributed by atoms with E-state index < -0.39 is 0 Å². The lowest BCUT2D eigenvalue weighted by atomic mass is 10.1.